The zero-order valence-corrected chi connectivity index (χ0v) is 16.1. The van der Waals surface area contributed by atoms with E-state index in [1.54, 1.807) is 52.0 Å². The number of alkyl carbamates (subject to hydrolysis) is 1. The molecule has 148 valence electrons. The van der Waals surface area contributed by atoms with Crippen molar-refractivity contribution in [1.29, 1.82) is 0 Å². The fraction of sp³-hybridized carbons (Fsp3) is 0.474. The number of nitrogens with zero attached hydrogens (tertiary/aromatic N) is 1. The van der Waals surface area contributed by atoms with E-state index in [1.807, 2.05) is 0 Å². The largest absolute Gasteiger partial charge is 0.466 e. The summed E-state index contributed by atoms with van der Waals surface area (Å²) < 4.78 is 9.99. The van der Waals surface area contributed by atoms with Gasteiger partial charge in [-0.1, -0.05) is 18.2 Å². The van der Waals surface area contributed by atoms with Crippen molar-refractivity contribution >= 4 is 23.8 Å². The van der Waals surface area contributed by atoms with E-state index in [-0.39, 0.29) is 24.6 Å². The molecule has 0 saturated heterocycles. The Hall–Kier alpha value is -2.90. The van der Waals surface area contributed by atoms with Crippen molar-refractivity contribution in [3.8, 4) is 0 Å². The zero-order chi connectivity index (χ0) is 20.4. The second kappa shape index (κ2) is 10.3. The number of rotatable bonds is 8. The van der Waals surface area contributed by atoms with Crippen molar-refractivity contribution in [2.24, 2.45) is 0 Å². The van der Waals surface area contributed by atoms with Gasteiger partial charge < -0.3 is 14.8 Å². The number of benzene rings is 1. The number of allylic oxidation sites excluding steroid dienone is 1. The molecule has 0 spiro atoms. The monoisotopic (exact) mass is 378 g/mol. The average Bonchev–Trinajstić information content (AvgIpc) is 2.55. The lowest BCUT2D eigenvalue weighted by Gasteiger charge is -2.19. The molecule has 0 saturated carbocycles. The molecule has 8 nitrogen and oxygen atoms in total. The van der Waals surface area contributed by atoms with Crippen LogP contribution in [0.25, 0.3) is 6.08 Å². The normalized spacial score (nSPS) is 11.3. The first-order chi connectivity index (χ1) is 12.6. The summed E-state index contributed by atoms with van der Waals surface area (Å²) in [6.45, 7) is 7.51. The second-order valence-electron chi connectivity index (χ2n) is 6.75. The molecule has 0 fully saturated rings. The highest BCUT2D eigenvalue weighted by atomic mass is 16.6. The Morgan fingerprint density at radius 1 is 1.30 bits per heavy atom. The second-order valence-corrected chi connectivity index (χ2v) is 6.75. The molecule has 1 N–H and O–H groups in total. The van der Waals surface area contributed by atoms with Gasteiger partial charge in [0, 0.05) is 19.0 Å². The maximum atomic E-state index is 11.7. The van der Waals surface area contributed by atoms with E-state index in [9.17, 15) is 19.7 Å². The Kier molecular flexibility index (Phi) is 8.44. The van der Waals surface area contributed by atoms with E-state index in [0.29, 0.717) is 24.2 Å². The molecule has 1 aromatic rings. The van der Waals surface area contributed by atoms with Gasteiger partial charge >= 0.3 is 12.1 Å². The van der Waals surface area contributed by atoms with Crippen molar-refractivity contribution in [3.63, 3.8) is 0 Å². The van der Waals surface area contributed by atoms with Crippen molar-refractivity contribution in [3.05, 3.63) is 45.5 Å². The summed E-state index contributed by atoms with van der Waals surface area (Å²) in [6.07, 6.45) is 3.33. The van der Waals surface area contributed by atoms with Gasteiger partial charge in [-0.15, -0.1) is 0 Å². The van der Waals surface area contributed by atoms with E-state index in [2.05, 4.69) is 5.32 Å². The highest BCUT2D eigenvalue weighted by Gasteiger charge is 2.16. The van der Waals surface area contributed by atoms with E-state index in [1.165, 1.54) is 6.07 Å². The Morgan fingerprint density at radius 2 is 2.00 bits per heavy atom. The average molecular weight is 378 g/mol. The molecule has 0 bridgehead atoms. The van der Waals surface area contributed by atoms with Gasteiger partial charge in [-0.25, -0.2) is 4.79 Å². The summed E-state index contributed by atoms with van der Waals surface area (Å²) in [5.41, 5.74) is 0.430. The highest BCUT2D eigenvalue weighted by molar-refractivity contribution is 5.70. The molecular formula is C19H26N2O6. The number of hydrogen-bond donors (Lipinski definition) is 1. The maximum absolute atomic E-state index is 11.7. The lowest BCUT2D eigenvalue weighted by Crippen LogP contribution is -2.32. The summed E-state index contributed by atoms with van der Waals surface area (Å²) in [5.74, 6) is -0.313. The summed E-state index contributed by atoms with van der Waals surface area (Å²) in [4.78, 5) is 33.7. The molecule has 0 aliphatic heterocycles. The van der Waals surface area contributed by atoms with Crippen LogP contribution in [0.15, 0.2) is 24.3 Å². The molecule has 8 heteroatoms. The maximum Gasteiger partial charge on any atom is 0.407 e. The van der Waals surface area contributed by atoms with Crippen LogP contribution >= 0.6 is 0 Å². The fourth-order valence-corrected chi connectivity index (χ4v) is 2.15. The molecule has 0 aliphatic carbocycles. The Labute approximate surface area is 158 Å². The molecule has 0 aliphatic rings. The predicted molar refractivity (Wildman–Crippen MR) is 101 cm³/mol. The number of nitrogens with one attached hydrogen (secondary N) is 1. The minimum Gasteiger partial charge on any atom is -0.466 e. The Morgan fingerprint density at radius 3 is 2.59 bits per heavy atom. The van der Waals surface area contributed by atoms with Crippen LogP contribution in [0.2, 0.25) is 0 Å². The van der Waals surface area contributed by atoms with Gasteiger partial charge in [0.1, 0.15) is 5.60 Å². The molecule has 27 heavy (non-hydrogen) atoms. The van der Waals surface area contributed by atoms with Crippen LogP contribution in [0.3, 0.4) is 0 Å². The van der Waals surface area contributed by atoms with E-state index in [4.69, 9.17) is 9.47 Å². The van der Waals surface area contributed by atoms with E-state index >= 15 is 0 Å². The third-order valence-electron chi connectivity index (χ3n) is 3.24. The van der Waals surface area contributed by atoms with Crippen molar-refractivity contribution in [2.75, 3.05) is 6.61 Å². The number of ether oxygens (including phenoxy) is 2. The standard InChI is InChI=1S/C19H26N2O6/c1-5-26-17(22)9-7-6-8-15-12-14(10-11-16(15)21(24)25)13-20-18(23)27-19(2,3)4/h6,8,10-12H,5,7,9,13H2,1-4H3,(H,20,23)/b8-6+. The smallest absolute Gasteiger partial charge is 0.407 e. The molecule has 0 radical (unpaired) electrons. The topological polar surface area (TPSA) is 108 Å². The number of carbonyl (C=O) groups is 2. The number of nitro groups is 1. The molecule has 0 unspecified atom stereocenters. The summed E-state index contributed by atoms with van der Waals surface area (Å²) in [5, 5.41) is 13.8. The first-order valence-electron chi connectivity index (χ1n) is 8.68. The first kappa shape index (κ1) is 22.1. The van der Waals surface area contributed by atoms with Crippen LogP contribution in [-0.4, -0.2) is 29.2 Å². The molecule has 1 amide bonds. The third-order valence-corrected chi connectivity index (χ3v) is 3.24. The van der Waals surface area contributed by atoms with Crippen LogP contribution < -0.4 is 5.32 Å². The first-order valence-corrected chi connectivity index (χ1v) is 8.68. The Bertz CT molecular complexity index is 707. The zero-order valence-electron chi connectivity index (χ0n) is 16.1. The van der Waals surface area contributed by atoms with Crippen molar-refractivity contribution < 1.29 is 24.0 Å². The number of amides is 1. The van der Waals surface area contributed by atoms with Gasteiger partial charge in [-0.3, -0.25) is 14.9 Å². The van der Waals surface area contributed by atoms with Crippen molar-refractivity contribution in [1.82, 2.24) is 5.32 Å². The Balaban J connectivity index is 2.77. The SMILES string of the molecule is CCOC(=O)CC/C=C/c1cc(CNC(=O)OC(C)(C)C)ccc1[N+](=O)[O-]. The molecule has 0 aromatic heterocycles. The van der Waals surface area contributed by atoms with Crippen molar-refractivity contribution in [2.45, 2.75) is 52.7 Å². The van der Waals surface area contributed by atoms with Crippen LogP contribution in [0.5, 0.6) is 0 Å². The number of nitro benzene ring substituents is 1. The molecule has 1 aromatic carbocycles. The number of hydrogen-bond acceptors (Lipinski definition) is 6. The fourth-order valence-electron chi connectivity index (χ4n) is 2.15. The summed E-state index contributed by atoms with van der Waals surface area (Å²) in [7, 11) is 0. The molecule has 0 atom stereocenters. The predicted octanol–water partition coefficient (Wildman–Crippen LogP) is 3.98. The van der Waals surface area contributed by atoms with E-state index < -0.39 is 16.6 Å². The summed E-state index contributed by atoms with van der Waals surface area (Å²) >= 11 is 0. The lowest BCUT2D eigenvalue weighted by atomic mass is 10.1. The lowest BCUT2D eigenvalue weighted by molar-refractivity contribution is -0.385. The molecular weight excluding hydrogens is 352 g/mol. The van der Waals surface area contributed by atoms with Crippen LogP contribution in [-0.2, 0) is 20.8 Å². The molecule has 1 rings (SSSR count). The van der Waals surface area contributed by atoms with Gasteiger partial charge in [0.15, 0.2) is 0 Å². The number of carbonyl (C=O) groups excluding carboxylic acids is 2. The van der Waals surface area contributed by atoms with Crippen LogP contribution in [0, 0.1) is 10.1 Å². The summed E-state index contributed by atoms with van der Waals surface area (Å²) in [6, 6.07) is 4.58. The highest BCUT2D eigenvalue weighted by Crippen LogP contribution is 2.22. The van der Waals surface area contributed by atoms with Crippen LogP contribution in [0.1, 0.15) is 51.7 Å². The van der Waals surface area contributed by atoms with E-state index in [0.717, 1.165) is 0 Å². The minimum atomic E-state index is -0.605. The third kappa shape index (κ3) is 8.84. The minimum absolute atomic E-state index is 0.0524. The van der Waals surface area contributed by atoms with Crippen LogP contribution in [0.4, 0.5) is 10.5 Å². The number of esters is 1. The van der Waals surface area contributed by atoms with Gasteiger partial charge in [0.05, 0.1) is 17.1 Å². The van der Waals surface area contributed by atoms with Gasteiger partial charge in [0.2, 0.25) is 0 Å². The molecule has 0 heterocycles. The van der Waals surface area contributed by atoms with Gasteiger partial charge in [0.25, 0.3) is 5.69 Å². The quantitative estimate of drug-likeness (QED) is 0.416. The van der Waals surface area contributed by atoms with Gasteiger partial charge in [-0.2, -0.15) is 0 Å². The van der Waals surface area contributed by atoms with Gasteiger partial charge in [-0.05, 0) is 45.7 Å².